The van der Waals surface area contributed by atoms with Gasteiger partial charge in [-0.25, -0.2) is 4.79 Å². The molecule has 2 heterocycles. The van der Waals surface area contributed by atoms with Crippen LogP contribution in [0.1, 0.15) is 51.2 Å². The molecule has 2 N–H and O–H groups in total. The van der Waals surface area contributed by atoms with Gasteiger partial charge in [0.05, 0.1) is 6.54 Å². The molecule has 36 heavy (non-hydrogen) atoms. The zero-order chi connectivity index (χ0) is 26.3. The maximum Gasteiger partial charge on any atom is 0.325 e. The number of piperazine rings is 1. The van der Waals surface area contributed by atoms with Crippen molar-refractivity contribution in [1.82, 2.24) is 20.0 Å². The molecule has 4 rings (SSSR count). The van der Waals surface area contributed by atoms with Gasteiger partial charge < -0.3 is 15.5 Å². The SMILES string of the molecule is Cc1cccc(NC(=O)CN2CCN(C(=O)CN3C(=O)N[C@]4(C[C@H](C)CC(C)(C)C4)C3=O)CC2)c1C. The number of carbonyl (C=O) groups excluding carboxylic acids is 4. The summed E-state index contributed by atoms with van der Waals surface area (Å²) in [5.74, 6) is -0.285. The Labute approximate surface area is 213 Å². The van der Waals surface area contributed by atoms with Gasteiger partial charge in [0, 0.05) is 31.9 Å². The molecule has 0 unspecified atom stereocenters. The van der Waals surface area contributed by atoms with Crippen LogP contribution in [0.2, 0.25) is 0 Å². The van der Waals surface area contributed by atoms with E-state index in [0.717, 1.165) is 28.1 Å². The Kier molecular flexibility index (Phi) is 7.14. The normalized spacial score (nSPS) is 26.3. The van der Waals surface area contributed by atoms with Gasteiger partial charge in [-0.1, -0.05) is 32.9 Å². The first-order valence-electron chi connectivity index (χ1n) is 12.9. The van der Waals surface area contributed by atoms with E-state index in [9.17, 15) is 19.2 Å². The molecule has 1 aromatic rings. The van der Waals surface area contributed by atoms with E-state index >= 15 is 0 Å². The Hall–Kier alpha value is -2.94. The van der Waals surface area contributed by atoms with E-state index in [1.54, 1.807) is 4.90 Å². The number of nitrogens with zero attached hydrogens (tertiary/aromatic N) is 3. The van der Waals surface area contributed by atoms with Crippen LogP contribution in [0.5, 0.6) is 0 Å². The lowest BCUT2D eigenvalue weighted by Gasteiger charge is -2.43. The van der Waals surface area contributed by atoms with Crippen LogP contribution in [-0.4, -0.2) is 83.3 Å². The lowest BCUT2D eigenvalue weighted by atomic mass is 9.64. The van der Waals surface area contributed by atoms with Gasteiger partial charge in [0.15, 0.2) is 0 Å². The molecule has 2 saturated heterocycles. The monoisotopic (exact) mass is 497 g/mol. The summed E-state index contributed by atoms with van der Waals surface area (Å²) in [6, 6.07) is 5.35. The number of hydrogen-bond donors (Lipinski definition) is 2. The minimum Gasteiger partial charge on any atom is -0.339 e. The summed E-state index contributed by atoms with van der Waals surface area (Å²) < 4.78 is 0. The van der Waals surface area contributed by atoms with Crippen molar-refractivity contribution in [2.24, 2.45) is 11.3 Å². The van der Waals surface area contributed by atoms with Crippen LogP contribution >= 0.6 is 0 Å². The maximum absolute atomic E-state index is 13.3. The lowest BCUT2D eigenvalue weighted by molar-refractivity contribution is -0.141. The first-order chi connectivity index (χ1) is 16.9. The fourth-order valence-electron chi connectivity index (χ4n) is 6.32. The molecular weight excluding hydrogens is 458 g/mol. The van der Waals surface area contributed by atoms with Gasteiger partial charge in [-0.2, -0.15) is 0 Å². The molecule has 0 bridgehead atoms. The van der Waals surface area contributed by atoms with Crippen LogP contribution in [0.3, 0.4) is 0 Å². The highest BCUT2D eigenvalue weighted by atomic mass is 16.2. The third-order valence-electron chi connectivity index (χ3n) is 7.89. The first-order valence-corrected chi connectivity index (χ1v) is 12.9. The average Bonchev–Trinajstić information content (AvgIpc) is 2.99. The molecule has 1 spiro atoms. The van der Waals surface area contributed by atoms with E-state index in [-0.39, 0.29) is 36.2 Å². The van der Waals surface area contributed by atoms with Crippen LogP contribution < -0.4 is 10.6 Å². The minimum atomic E-state index is -0.903. The summed E-state index contributed by atoms with van der Waals surface area (Å²) >= 11 is 0. The van der Waals surface area contributed by atoms with E-state index < -0.39 is 11.6 Å². The third-order valence-corrected chi connectivity index (χ3v) is 7.89. The number of benzene rings is 1. The lowest BCUT2D eigenvalue weighted by Crippen LogP contribution is -2.55. The second kappa shape index (κ2) is 9.84. The number of hydrogen-bond acceptors (Lipinski definition) is 5. The number of carbonyl (C=O) groups is 4. The highest BCUT2D eigenvalue weighted by Crippen LogP contribution is 2.46. The van der Waals surface area contributed by atoms with Crippen molar-refractivity contribution in [3.8, 4) is 0 Å². The van der Waals surface area contributed by atoms with Crippen LogP contribution in [0, 0.1) is 25.2 Å². The maximum atomic E-state index is 13.3. The summed E-state index contributed by atoms with van der Waals surface area (Å²) in [7, 11) is 0. The van der Waals surface area contributed by atoms with Crippen molar-refractivity contribution in [3.05, 3.63) is 29.3 Å². The molecule has 196 valence electrons. The largest absolute Gasteiger partial charge is 0.339 e. The number of urea groups is 1. The summed E-state index contributed by atoms with van der Waals surface area (Å²) in [6.07, 6.45) is 2.20. The molecule has 2 aliphatic heterocycles. The average molecular weight is 498 g/mol. The van der Waals surface area contributed by atoms with Crippen LogP contribution in [0.15, 0.2) is 18.2 Å². The van der Waals surface area contributed by atoms with Crippen LogP contribution in [0.4, 0.5) is 10.5 Å². The van der Waals surface area contributed by atoms with E-state index in [1.165, 1.54) is 0 Å². The van der Waals surface area contributed by atoms with E-state index in [4.69, 9.17) is 0 Å². The van der Waals surface area contributed by atoms with E-state index in [0.29, 0.717) is 44.9 Å². The molecule has 0 radical (unpaired) electrons. The van der Waals surface area contributed by atoms with Crippen molar-refractivity contribution in [1.29, 1.82) is 0 Å². The van der Waals surface area contributed by atoms with E-state index in [2.05, 4.69) is 31.4 Å². The van der Waals surface area contributed by atoms with Gasteiger partial charge in [0.1, 0.15) is 12.1 Å². The smallest absolute Gasteiger partial charge is 0.325 e. The van der Waals surface area contributed by atoms with E-state index in [1.807, 2.05) is 36.9 Å². The Morgan fingerprint density at radius 3 is 2.42 bits per heavy atom. The molecule has 9 nitrogen and oxygen atoms in total. The number of nitrogens with one attached hydrogen (secondary N) is 2. The fourth-order valence-corrected chi connectivity index (χ4v) is 6.32. The second-order valence-electron chi connectivity index (χ2n) is 11.7. The number of anilines is 1. The summed E-state index contributed by atoms with van der Waals surface area (Å²) in [4.78, 5) is 56.4. The molecular formula is C27H39N5O4. The van der Waals surface area contributed by atoms with Crippen LogP contribution in [0.25, 0.3) is 0 Å². The quantitative estimate of drug-likeness (QED) is 0.609. The predicted molar refractivity (Wildman–Crippen MR) is 137 cm³/mol. The predicted octanol–water partition coefficient (Wildman–Crippen LogP) is 2.52. The highest BCUT2D eigenvalue weighted by molar-refractivity contribution is 6.09. The summed E-state index contributed by atoms with van der Waals surface area (Å²) in [5.41, 5.74) is 2.03. The van der Waals surface area contributed by atoms with Crippen molar-refractivity contribution in [3.63, 3.8) is 0 Å². The van der Waals surface area contributed by atoms with Gasteiger partial charge in [-0.05, 0) is 61.6 Å². The van der Waals surface area contributed by atoms with Gasteiger partial charge in [-0.3, -0.25) is 24.2 Å². The molecule has 5 amide bonds. The Balaban J connectivity index is 1.28. The first kappa shape index (κ1) is 26.1. The summed E-state index contributed by atoms with van der Waals surface area (Å²) in [6.45, 7) is 12.4. The Bertz CT molecular complexity index is 1060. The Morgan fingerprint density at radius 1 is 1.06 bits per heavy atom. The van der Waals surface area contributed by atoms with Gasteiger partial charge in [0.2, 0.25) is 11.8 Å². The molecule has 3 fully saturated rings. The van der Waals surface area contributed by atoms with Crippen LogP contribution in [-0.2, 0) is 14.4 Å². The minimum absolute atomic E-state index is 0.0543. The molecule has 2 atom stereocenters. The van der Waals surface area contributed by atoms with Gasteiger partial charge >= 0.3 is 6.03 Å². The zero-order valence-electron chi connectivity index (χ0n) is 22.1. The van der Waals surface area contributed by atoms with Gasteiger partial charge in [-0.15, -0.1) is 0 Å². The molecule has 9 heteroatoms. The number of imide groups is 1. The third kappa shape index (κ3) is 5.40. The molecule has 1 saturated carbocycles. The summed E-state index contributed by atoms with van der Waals surface area (Å²) in [5, 5.41) is 5.91. The zero-order valence-corrected chi connectivity index (χ0v) is 22.1. The van der Waals surface area contributed by atoms with Crippen molar-refractivity contribution < 1.29 is 19.2 Å². The van der Waals surface area contributed by atoms with Crippen molar-refractivity contribution in [2.75, 3.05) is 44.6 Å². The van der Waals surface area contributed by atoms with Crippen molar-refractivity contribution in [2.45, 2.75) is 59.4 Å². The molecule has 0 aromatic heterocycles. The molecule has 1 aromatic carbocycles. The number of aryl methyl sites for hydroxylation is 1. The molecule has 3 aliphatic rings. The van der Waals surface area contributed by atoms with Crippen molar-refractivity contribution >= 4 is 29.4 Å². The standard InChI is InChI=1S/C27H39N5O4/c1-18-13-26(4,5)17-27(14-18)24(35)32(25(36)29-27)16-23(34)31-11-9-30(10-12-31)15-22(33)28-21-8-6-7-19(2)20(21)3/h6-8,18H,9-17H2,1-5H3,(H,28,33)(H,29,36)/t18-,27+/m1/s1. The second-order valence-corrected chi connectivity index (χ2v) is 11.7. The van der Waals surface area contributed by atoms with Gasteiger partial charge in [0.25, 0.3) is 5.91 Å². The topological polar surface area (TPSA) is 102 Å². The fraction of sp³-hybridized carbons (Fsp3) is 0.630. The number of amides is 5. The highest BCUT2D eigenvalue weighted by Gasteiger charge is 2.56. The molecule has 1 aliphatic carbocycles. The Morgan fingerprint density at radius 2 is 1.75 bits per heavy atom. The number of rotatable bonds is 5.